The first-order chi connectivity index (χ1) is 9.69. The molecule has 0 aliphatic carbocycles. The predicted molar refractivity (Wildman–Crippen MR) is 82.5 cm³/mol. The maximum Gasteiger partial charge on any atom is 0.335 e. The fourth-order valence-electron chi connectivity index (χ4n) is 1.45. The lowest BCUT2D eigenvalue weighted by Gasteiger charge is -2.09. The molecule has 0 spiro atoms. The number of amides is 2. The van der Waals surface area contributed by atoms with Crippen LogP contribution in [0.3, 0.4) is 0 Å². The number of carboxylic acid groups (broad SMARTS) is 1. The third-order valence-corrected chi connectivity index (χ3v) is 4.13. The fourth-order valence-corrected chi connectivity index (χ4v) is 2.60. The number of hydrogen-bond donors (Lipinski definition) is 3. The lowest BCUT2D eigenvalue weighted by atomic mass is 10.2. The number of anilines is 1. The van der Waals surface area contributed by atoms with Gasteiger partial charge < -0.3 is 15.7 Å². The molecule has 0 fully saturated rings. The van der Waals surface area contributed by atoms with Crippen LogP contribution in [0.1, 0.15) is 16.8 Å². The number of rotatable bonds is 6. The lowest BCUT2D eigenvalue weighted by Crippen LogP contribution is -2.30. The largest absolute Gasteiger partial charge is 0.478 e. The maximum atomic E-state index is 11.6. The van der Waals surface area contributed by atoms with Crippen LogP contribution in [-0.2, 0) is 9.84 Å². The summed E-state index contributed by atoms with van der Waals surface area (Å²) < 4.78 is 22.3. The Balaban J connectivity index is 2.50. The third-order valence-electron chi connectivity index (χ3n) is 2.44. The van der Waals surface area contributed by atoms with E-state index in [9.17, 15) is 18.0 Å². The molecule has 0 aliphatic rings. The number of urea groups is 1. The van der Waals surface area contributed by atoms with Gasteiger partial charge in [0.05, 0.1) is 17.0 Å². The molecule has 21 heavy (non-hydrogen) atoms. The molecule has 3 N–H and O–H groups in total. The fraction of sp³-hybridized carbons (Fsp3) is 0.333. The van der Waals surface area contributed by atoms with Crippen molar-refractivity contribution in [3.63, 3.8) is 0 Å². The van der Waals surface area contributed by atoms with Gasteiger partial charge in [-0.05, 0) is 40.5 Å². The molecule has 1 aromatic rings. The molecule has 0 radical (unpaired) electrons. The summed E-state index contributed by atoms with van der Waals surface area (Å²) in [4.78, 5) is 22.4. The van der Waals surface area contributed by atoms with Crippen molar-refractivity contribution < 1.29 is 23.1 Å². The van der Waals surface area contributed by atoms with Gasteiger partial charge in [0.25, 0.3) is 0 Å². The lowest BCUT2D eigenvalue weighted by molar-refractivity contribution is 0.0697. The Morgan fingerprint density at radius 2 is 2.00 bits per heavy atom. The number of carbonyl (C=O) groups is 2. The number of hydrogen-bond acceptors (Lipinski definition) is 4. The summed E-state index contributed by atoms with van der Waals surface area (Å²) >= 11 is 3.17. The number of carbonyl (C=O) groups excluding carboxylic acids is 1. The molecule has 116 valence electrons. The van der Waals surface area contributed by atoms with Crippen molar-refractivity contribution in [1.29, 1.82) is 0 Å². The van der Waals surface area contributed by atoms with Crippen molar-refractivity contribution in [1.82, 2.24) is 5.32 Å². The van der Waals surface area contributed by atoms with E-state index in [-0.39, 0.29) is 17.9 Å². The van der Waals surface area contributed by atoms with Crippen molar-refractivity contribution in [2.45, 2.75) is 6.42 Å². The van der Waals surface area contributed by atoms with E-state index in [2.05, 4.69) is 26.6 Å². The Hall–Kier alpha value is -1.61. The van der Waals surface area contributed by atoms with Crippen LogP contribution in [0.15, 0.2) is 22.7 Å². The molecule has 7 nitrogen and oxygen atoms in total. The zero-order chi connectivity index (χ0) is 16.0. The number of sulfone groups is 1. The minimum absolute atomic E-state index is 0.00425. The zero-order valence-corrected chi connectivity index (χ0v) is 13.6. The summed E-state index contributed by atoms with van der Waals surface area (Å²) in [5, 5.41) is 13.9. The van der Waals surface area contributed by atoms with Gasteiger partial charge in [-0.3, -0.25) is 0 Å². The summed E-state index contributed by atoms with van der Waals surface area (Å²) in [7, 11) is -3.04. The number of halogens is 1. The normalized spacial score (nSPS) is 11.0. The molecule has 0 heterocycles. The topological polar surface area (TPSA) is 113 Å². The predicted octanol–water partition coefficient (Wildman–Crippen LogP) is 1.70. The SMILES string of the molecule is CS(=O)(=O)CCCNC(=O)Nc1ccc(C(=O)O)cc1Br. The quantitative estimate of drug-likeness (QED) is 0.652. The summed E-state index contributed by atoms with van der Waals surface area (Å²) in [6.45, 7) is 0.226. The van der Waals surface area contributed by atoms with Gasteiger partial charge in [0.15, 0.2) is 0 Å². The molecule has 1 rings (SSSR count). The van der Waals surface area contributed by atoms with Gasteiger partial charge >= 0.3 is 12.0 Å². The minimum atomic E-state index is -3.04. The van der Waals surface area contributed by atoms with Gasteiger partial charge in [0.1, 0.15) is 9.84 Å². The van der Waals surface area contributed by atoms with Crippen molar-refractivity contribution in [3.8, 4) is 0 Å². The summed E-state index contributed by atoms with van der Waals surface area (Å²) in [5.74, 6) is -1.06. The molecule has 2 amide bonds. The van der Waals surface area contributed by atoms with E-state index in [0.717, 1.165) is 6.26 Å². The smallest absolute Gasteiger partial charge is 0.335 e. The number of aromatic carboxylic acids is 1. The summed E-state index contributed by atoms with van der Waals surface area (Å²) in [6.07, 6.45) is 1.46. The van der Waals surface area contributed by atoms with Crippen LogP contribution in [0.5, 0.6) is 0 Å². The maximum absolute atomic E-state index is 11.6. The number of nitrogens with one attached hydrogen (secondary N) is 2. The van der Waals surface area contributed by atoms with Gasteiger partial charge in [-0.25, -0.2) is 18.0 Å². The Morgan fingerprint density at radius 3 is 2.52 bits per heavy atom. The van der Waals surface area contributed by atoms with E-state index in [1.165, 1.54) is 18.2 Å². The van der Waals surface area contributed by atoms with Crippen LogP contribution < -0.4 is 10.6 Å². The van der Waals surface area contributed by atoms with Gasteiger partial charge in [-0.2, -0.15) is 0 Å². The van der Waals surface area contributed by atoms with Crippen molar-refractivity contribution >= 4 is 43.5 Å². The van der Waals surface area contributed by atoms with Gasteiger partial charge in [-0.15, -0.1) is 0 Å². The standard InChI is InChI=1S/C12H15BrN2O5S/c1-21(19,20)6-2-5-14-12(18)15-10-4-3-8(11(16)17)7-9(10)13/h3-4,7H,2,5-6H2,1H3,(H,16,17)(H2,14,15,18). The molecule has 0 aliphatic heterocycles. The first-order valence-electron chi connectivity index (χ1n) is 5.94. The second-order valence-corrected chi connectivity index (χ2v) is 7.48. The highest BCUT2D eigenvalue weighted by Gasteiger charge is 2.09. The molecule has 0 atom stereocenters. The molecular formula is C12H15BrN2O5S. The van der Waals surface area contributed by atoms with Crippen molar-refractivity contribution in [2.75, 3.05) is 23.9 Å². The number of carboxylic acids is 1. The highest BCUT2D eigenvalue weighted by Crippen LogP contribution is 2.23. The van der Waals surface area contributed by atoms with E-state index >= 15 is 0 Å². The van der Waals surface area contributed by atoms with Gasteiger partial charge in [0, 0.05) is 17.3 Å². The second kappa shape index (κ2) is 7.41. The van der Waals surface area contributed by atoms with Crippen molar-refractivity contribution in [2.24, 2.45) is 0 Å². The zero-order valence-electron chi connectivity index (χ0n) is 11.2. The molecule has 0 aromatic heterocycles. The van der Waals surface area contributed by atoms with Crippen molar-refractivity contribution in [3.05, 3.63) is 28.2 Å². The van der Waals surface area contributed by atoms with Crippen LogP contribution >= 0.6 is 15.9 Å². The molecule has 9 heteroatoms. The van der Waals surface area contributed by atoms with Crippen LogP contribution in [0.25, 0.3) is 0 Å². The van der Waals surface area contributed by atoms with Gasteiger partial charge in [0.2, 0.25) is 0 Å². The highest BCUT2D eigenvalue weighted by atomic mass is 79.9. The Morgan fingerprint density at radius 1 is 1.33 bits per heavy atom. The van der Waals surface area contributed by atoms with Crippen LogP contribution in [-0.4, -0.2) is 44.1 Å². The second-order valence-electron chi connectivity index (χ2n) is 4.36. The monoisotopic (exact) mass is 378 g/mol. The first-order valence-corrected chi connectivity index (χ1v) is 8.80. The number of benzene rings is 1. The Kier molecular flexibility index (Phi) is 6.16. The van der Waals surface area contributed by atoms with Crippen LogP contribution in [0.4, 0.5) is 10.5 Å². The molecule has 0 saturated heterocycles. The third kappa shape index (κ3) is 6.58. The van der Waals surface area contributed by atoms with Gasteiger partial charge in [-0.1, -0.05) is 0 Å². The van der Waals surface area contributed by atoms with E-state index in [1.807, 2.05) is 0 Å². The van der Waals surface area contributed by atoms with E-state index in [0.29, 0.717) is 16.6 Å². The molecule has 0 unspecified atom stereocenters. The van der Waals surface area contributed by atoms with E-state index in [4.69, 9.17) is 5.11 Å². The molecule has 0 bridgehead atoms. The molecular weight excluding hydrogens is 364 g/mol. The molecule has 1 aromatic carbocycles. The average Bonchev–Trinajstić information content (AvgIpc) is 2.36. The summed E-state index contributed by atoms with van der Waals surface area (Å²) in [6, 6.07) is 3.71. The minimum Gasteiger partial charge on any atom is -0.478 e. The average molecular weight is 379 g/mol. The Bertz CT molecular complexity index is 645. The summed E-state index contributed by atoms with van der Waals surface area (Å²) in [5.41, 5.74) is 0.515. The van der Waals surface area contributed by atoms with Crippen LogP contribution in [0.2, 0.25) is 0 Å². The van der Waals surface area contributed by atoms with E-state index < -0.39 is 21.8 Å². The highest BCUT2D eigenvalue weighted by molar-refractivity contribution is 9.10. The first kappa shape index (κ1) is 17.4. The molecule has 0 saturated carbocycles. The van der Waals surface area contributed by atoms with E-state index in [1.54, 1.807) is 0 Å². The van der Waals surface area contributed by atoms with Crippen LogP contribution in [0, 0.1) is 0 Å². The Labute approximate surface area is 130 Å².